The second-order valence-corrected chi connectivity index (χ2v) is 26.0. The van der Waals surface area contributed by atoms with Gasteiger partial charge >= 0.3 is 5.97 Å². The predicted octanol–water partition coefficient (Wildman–Crippen LogP) is 24.5. The summed E-state index contributed by atoms with van der Waals surface area (Å²) in [5.74, 6) is -0.0149. The molecule has 0 aliphatic rings. The van der Waals surface area contributed by atoms with E-state index in [0.717, 1.165) is 44.9 Å². The summed E-state index contributed by atoms with van der Waals surface area (Å²) < 4.78 is 5.50. The third-order valence-corrected chi connectivity index (χ3v) is 17.8. The highest BCUT2D eigenvalue weighted by atomic mass is 16.5. The molecule has 2 atom stereocenters. The number of amides is 1. The van der Waals surface area contributed by atoms with Gasteiger partial charge < -0.3 is 20.3 Å². The Morgan fingerprint density at radius 3 is 0.927 bits per heavy atom. The molecule has 0 radical (unpaired) electrons. The Balaban J connectivity index is 3.39. The van der Waals surface area contributed by atoms with Crippen molar-refractivity contribution in [1.29, 1.82) is 0 Å². The van der Waals surface area contributed by atoms with Gasteiger partial charge in [0.15, 0.2) is 0 Å². The van der Waals surface area contributed by atoms with E-state index in [1.807, 2.05) is 0 Å². The zero-order valence-corrected chi connectivity index (χ0v) is 55.8. The van der Waals surface area contributed by atoms with Crippen LogP contribution in [0.15, 0.2) is 24.3 Å². The molecule has 0 aromatic heterocycles. The number of ether oxygens (including phenoxy) is 1. The number of nitrogens with one attached hydrogen (secondary N) is 1. The lowest BCUT2D eigenvalue weighted by Gasteiger charge is -2.22. The van der Waals surface area contributed by atoms with E-state index < -0.39 is 12.1 Å². The van der Waals surface area contributed by atoms with E-state index in [1.54, 1.807) is 0 Å². The van der Waals surface area contributed by atoms with Crippen LogP contribution in [0, 0.1) is 0 Å². The van der Waals surface area contributed by atoms with Crippen LogP contribution >= 0.6 is 0 Å². The van der Waals surface area contributed by atoms with Gasteiger partial charge in [0.05, 0.1) is 25.4 Å². The van der Waals surface area contributed by atoms with E-state index in [0.29, 0.717) is 25.9 Å². The van der Waals surface area contributed by atoms with Crippen molar-refractivity contribution >= 4 is 11.9 Å². The number of carbonyl (C=O) groups is 2. The molecular formula is C76H147NO5. The van der Waals surface area contributed by atoms with Crippen LogP contribution < -0.4 is 5.32 Å². The molecule has 3 N–H and O–H groups in total. The second-order valence-electron chi connectivity index (χ2n) is 26.0. The second kappa shape index (κ2) is 71.8. The number of aliphatic hydroxyl groups is 2. The molecule has 0 spiro atoms. The van der Waals surface area contributed by atoms with E-state index in [4.69, 9.17) is 4.74 Å². The zero-order chi connectivity index (χ0) is 59.2. The van der Waals surface area contributed by atoms with Gasteiger partial charge in [0, 0.05) is 12.8 Å². The van der Waals surface area contributed by atoms with Gasteiger partial charge in [-0.15, -0.1) is 0 Å². The minimum absolute atomic E-state index is 0.0164. The molecule has 0 bridgehead atoms. The smallest absolute Gasteiger partial charge is 0.305 e. The SMILES string of the molecule is CCCCCCCCCCCCCCCCCCCCCCC(O)C(CO)NC(=O)CCCCCCCCCCCCCCC/C=C\C/C=C\CCCCCCCCCCCOC(=O)CCCCCCCCCCCCCCCCCC. The molecule has 486 valence electrons. The van der Waals surface area contributed by atoms with Gasteiger partial charge in [0.2, 0.25) is 5.91 Å². The average molecular weight is 1160 g/mol. The summed E-state index contributed by atoms with van der Waals surface area (Å²) in [5.41, 5.74) is 0. The fourth-order valence-corrected chi connectivity index (χ4v) is 12.0. The van der Waals surface area contributed by atoms with Gasteiger partial charge in [-0.3, -0.25) is 9.59 Å². The lowest BCUT2D eigenvalue weighted by Crippen LogP contribution is -2.45. The molecule has 0 rings (SSSR count). The average Bonchev–Trinajstić information content (AvgIpc) is 3.48. The Morgan fingerprint density at radius 1 is 0.341 bits per heavy atom. The van der Waals surface area contributed by atoms with E-state index in [9.17, 15) is 19.8 Å². The van der Waals surface area contributed by atoms with Crippen molar-refractivity contribution in [3.05, 3.63) is 24.3 Å². The van der Waals surface area contributed by atoms with Gasteiger partial charge in [-0.2, -0.15) is 0 Å². The molecule has 0 aliphatic carbocycles. The van der Waals surface area contributed by atoms with Gasteiger partial charge in [0.25, 0.3) is 0 Å². The van der Waals surface area contributed by atoms with Gasteiger partial charge in [-0.25, -0.2) is 0 Å². The predicted molar refractivity (Wildman–Crippen MR) is 361 cm³/mol. The molecule has 0 heterocycles. The fourth-order valence-electron chi connectivity index (χ4n) is 12.0. The first-order chi connectivity index (χ1) is 40.5. The maximum absolute atomic E-state index is 12.5. The maximum Gasteiger partial charge on any atom is 0.305 e. The highest BCUT2D eigenvalue weighted by Crippen LogP contribution is 2.19. The third-order valence-electron chi connectivity index (χ3n) is 17.8. The van der Waals surface area contributed by atoms with E-state index in [-0.39, 0.29) is 18.5 Å². The number of hydrogen-bond donors (Lipinski definition) is 3. The van der Waals surface area contributed by atoms with Crippen molar-refractivity contribution in [3.63, 3.8) is 0 Å². The molecule has 6 nitrogen and oxygen atoms in total. The van der Waals surface area contributed by atoms with Crippen LogP contribution in [0.4, 0.5) is 0 Å². The van der Waals surface area contributed by atoms with E-state index in [2.05, 4.69) is 43.5 Å². The Labute approximate surface area is 513 Å². The molecule has 0 aromatic carbocycles. The Kier molecular flexibility index (Phi) is 70.4. The molecule has 0 aromatic rings. The van der Waals surface area contributed by atoms with E-state index in [1.165, 1.54) is 347 Å². The topological polar surface area (TPSA) is 95.9 Å². The molecule has 6 heteroatoms. The highest BCUT2D eigenvalue weighted by molar-refractivity contribution is 5.76. The van der Waals surface area contributed by atoms with Crippen LogP contribution in [-0.2, 0) is 14.3 Å². The number of allylic oxidation sites excluding steroid dienone is 4. The van der Waals surface area contributed by atoms with Crippen LogP contribution in [0.3, 0.4) is 0 Å². The fraction of sp³-hybridized carbons (Fsp3) is 0.921. The number of carbonyl (C=O) groups excluding carboxylic acids is 2. The number of esters is 1. The van der Waals surface area contributed by atoms with Crippen LogP contribution in [0.25, 0.3) is 0 Å². The molecule has 0 saturated carbocycles. The van der Waals surface area contributed by atoms with Crippen LogP contribution in [0.2, 0.25) is 0 Å². The van der Waals surface area contributed by atoms with Crippen molar-refractivity contribution < 1.29 is 24.5 Å². The number of aliphatic hydroxyl groups excluding tert-OH is 2. The lowest BCUT2D eigenvalue weighted by molar-refractivity contribution is -0.143. The first kappa shape index (κ1) is 80.3. The number of rotatable bonds is 71. The molecule has 2 unspecified atom stereocenters. The number of hydrogen-bond acceptors (Lipinski definition) is 5. The summed E-state index contributed by atoms with van der Waals surface area (Å²) >= 11 is 0. The standard InChI is InChI=1S/C76H147NO5/c1-3-5-7-9-11-13-15-17-19-21-22-34-37-40-44-48-52-56-60-64-68-74(79)73(72-78)77-75(80)69-65-61-57-53-49-45-41-38-35-32-30-28-26-24-23-25-27-29-31-33-36-39-43-47-51-55-59-63-67-71-82-76(81)70-66-62-58-54-50-46-42-20-18-16-14-12-10-8-6-4-2/h23,25,29,31,73-74,78-79H,3-22,24,26-28,30,32-72H2,1-2H3,(H,77,80)/b25-23-,31-29-. The zero-order valence-electron chi connectivity index (χ0n) is 55.8. The van der Waals surface area contributed by atoms with Crippen molar-refractivity contribution in [2.24, 2.45) is 0 Å². The monoisotopic (exact) mass is 1150 g/mol. The molecule has 0 aliphatic heterocycles. The molecular weight excluding hydrogens is 1010 g/mol. The Hall–Kier alpha value is -1.66. The lowest BCUT2D eigenvalue weighted by atomic mass is 10.0. The van der Waals surface area contributed by atoms with Crippen molar-refractivity contribution in [2.45, 2.75) is 437 Å². The van der Waals surface area contributed by atoms with Crippen LogP contribution in [0.5, 0.6) is 0 Å². The Morgan fingerprint density at radius 2 is 0.610 bits per heavy atom. The van der Waals surface area contributed by atoms with Crippen LogP contribution in [-0.4, -0.2) is 47.4 Å². The summed E-state index contributed by atoms with van der Waals surface area (Å²) in [6.45, 7) is 5.00. The van der Waals surface area contributed by atoms with Gasteiger partial charge in [-0.05, 0) is 57.8 Å². The first-order valence-corrected chi connectivity index (χ1v) is 37.6. The molecule has 82 heavy (non-hydrogen) atoms. The minimum atomic E-state index is -0.666. The van der Waals surface area contributed by atoms with Crippen LogP contribution in [0.1, 0.15) is 425 Å². The van der Waals surface area contributed by atoms with Crippen molar-refractivity contribution in [3.8, 4) is 0 Å². The highest BCUT2D eigenvalue weighted by Gasteiger charge is 2.20. The minimum Gasteiger partial charge on any atom is -0.466 e. The molecule has 0 fully saturated rings. The summed E-state index contributed by atoms with van der Waals surface area (Å²) in [6.07, 6.45) is 91.0. The number of unbranched alkanes of at least 4 members (excludes halogenated alkanes) is 56. The van der Waals surface area contributed by atoms with Gasteiger partial charge in [-0.1, -0.05) is 378 Å². The maximum atomic E-state index is 12.5. The first-order valence-electron chi connectivity index (χ1n) is 37.6. The Bertz CT molecular complexity index is 1280. The largest absolute Gasteiger partial charge is 0.466 e. The quantitative estimate of drug-likeness (QED) is 0.0320. The van der Waals surface area contributed by atoms with Crippen molar-refractivity contribution in [2.75, 3.05) is 13.2 Å². The summed E-state index contributed by atoms with van der Waals surface area (Å²) in [4.78, 5) is 24.6. The van der Waals surface area contributed by atoms with Gasteiger partial charge in [0.1, 0.15) is 0 Å². The van der Waals surface area contributed by atoms with E-state index >= 15 is 0 Å². The van der Waals surface area contributed by atoms with Crippen molar-refractivity contribution in [1.82, 2.24) is 5.32 Å². The summed E-state index contributed by atoms with van der Waals surface area (Å²) in [5, 5.41) is 23.4. The summed E-state index contributed by atoms with van der Waals surface area (Å²) in [7, 11) is 0. The summed E-state index contributed by atoms with van der Waals surface area (Å²) in [6, 6.07) is -0.543. The normalized spacial score (nSPS) is 12.6. The third kappa shape index (κ3) is 67.5. The molecule has 1 amide bonds. The molecule has 0 saturated heterocycles.